The SMILES string of the molecule is C[n+]1ccccc1-c1cc(/C=C/c2ccc(-c3ccc(-c4cccs4)s3)s2)cc(-c2cccc[n+]2C)c1. The molecule has 0 aliphatic carbocycles. The molecule has 0 N–H and O–H groups in total. The fourth-order valence-electron chi connectivity index (χ4n) is 4.46. The molecule has 0 unspecified atom stereocenters. The van der Waals surface area contributed by atoms with Crippen molar-refractivity contribution in [3.05, 3.63) is 119 Å². The van der Waals surface area contributed by atoms with E-state index in [0.717, 1.165) is 0 Å². The molecule has 0 spiro atoms. The summed E-state index contributed by atoms with van der Waals surface area (Å²) in [4.78, 5) is 6.56. The summed E-state index contributed by atoms with van der Waals surface area (Å²) in [5.41, 5.74) is 5.98. The highest BCUT2D eigenvalue weighted by atomic mass is 32.1. The zero-order valence-corrected chi connectivity index (χ0v) is 23.1. The summed E-state index contributed by atoms with van der Waals surface area (Å²) >= 11 is 5.50. The van der Waals surface area contributed by atoms with Crippen molar-refractivity contribution >= 4 is 46.2 Å². The van der Waals surface area contributed by atoms with Gasteiger partial charge in [-0.25, -0.2) is 9.13 Å². The van der Waals surface area contributed by atoms with E-state index >= 15 is 0 Å². The topological polar surface area (TPSA) is 7.76 Å². The van der Waals surface area contributed by atoms with Crippen LogP contribution in [0.4, 0.5) is 0 Å². The van der Waals surface area contributed by atoms with Crippen LogP contribution in [0.15, 0.2) is 109 Å². The molecule has 0 saturated carbocycles. The highest BCUT2D eigenvalue weighted by Gasteiger charge is 2.15. The van der Waals surface area contributed by atoms with Gasteiger partial charge in [-0.1, -0.05) is 12.1 Å². The van der Waals surface area contributed by atoms with E-state index in [4.69, 9.17) is 0 Å². The molecule has 180 valence electrons. The number of nitrogens with zero attached hydrogens (tertiary/aromatic N) is 2. The number of hydrogen-bond donors (Lipinski definition) is 0. The van der Waals surface area contributed by atoms with Gasteiger partial charge in [0.15, 0.2) is 12.4 Å². The van der Waals surface area contributed by atoms with E-state index in [1.54, 1.807) is 11.3 Å². The number of benzene rings is 1. The maximum atomic E-state index is 2.28. The predicted octanol–water partition coefficient (Wildman–Crippen LogP) is 8.36. The molecule has 2 nitrogen and oxygen atoms in total. The molecule has 37 heavy (non-hydrogen) atoms. The molecular weight excluding hydrogens is 509 g/mol. The van der Waals surface area contributed by atoms with Gasteiger partial charge in [0.05, 0.1) is 0 Å². The number of thiophene rings is 3. The molecule has 0 atom stereocenters. The molecule has 0 saturated heterocycles. The average Bonchev–Trinajstić information content (AvgIpc) is 3.69. The van der Waals surface area contributed by atoms with E-state index in [0.29, 0.717) is 0 Å². The number of aromatic nitrogens is 2. The summed E-state index contributed by atoms with van der Waals surface area (Å²) in [7, 11) is 4.20. The van der Waals surface area contributed by atoms with Crippen molar-refractivity contribution in [2.24, 2.45) is 14.1 Å². The van der Waals surface area contributed by atoms with Crippen molar-refractivity contribution < 1.29 is 9.13 Å². The van der Waals surface area contributed by atoms with Crippen LogP contribution in [0, 0.1) is 0 Å². The molecule has 5 heteroatoms. The zero-order chi connectivity index (χ0) is 25.2. The Morgan fingerprint density at radius 1 is 0.568 bits per heavy atom. The first-order valence-corrected chi connectivity index (χ1v) is 14.6. The molecule has 0 aliphatic rings. The summed E-state index contributed by atoms with van der Waals surface area (Å²) < 4.78 is 4.35. The average molecular weight is 535 g/mol. The van der Waals surface area contributed by atoms with Gasteiger partial charge in [-0.15, -0.1) is 34.0 Å². The van der Waals surface area contributed by atoms with E-state index < -0.39 is 0 Å². The Bertz CT molecular complexity index is 1640. The standard InChI is InChI=1S/C32H26N2S3/c1-33-17-5-3-8-27(33)24-20-23(21-25(22-24)28-9-4-6-18-34(28)2)11-12-26-13-14-31(36-26)32-16-15-30(37-32)29-10-7-19-35-29/h3-22H,1-2H3/q+2/b12-11+. The molecule has 0 fully saturated rings. The van der Waals surface area contributed by atoms with Crippen molar-refractivity contribution in [2.45, 2.75) is 0 Å². The summed E-state index contributed by atoms with van der Waals surface area (Å²) in [5.74, 6) is 0. The zero-order valence-electron chi connectivity index (χ0n) is 20.7. The van der Waals surface area contributed by atoms with Gasteiger partial charge in [0.1, 0.15) is 14.1 Å². The quantitative estimate of drug-likeness (QED) is 0.190. The van der Waals surface area contributed by atoms with E-state index in [2.05, 4.69) is 144 Å². The minimum Gasteiger partial charge on any atom is -0.201 e. The second-order valence-electron chi connectivity index (χ2n) is 8.91. The first-order chi connectivity index (χ1) is 18.1. The van der Waals surface area contributed by atoms with Crippen LogP contribution < -0.4 is 9.13 Å². The fraction of sp³-hybridized carbons (Fsp3) is 0.0625. The molecule has 1 aromatic carbocycles. The van der Waals surface area contributed by atoms with Gasteiger partial charge in [0, 0.05) is 59.8 Å². The van der Waals surface area contributed by atoms with Crippen LogP contribution in [-0.2, 0) is 14.1 Å². The van der Waals surface area contributed by atoms with E-state index in [-0.39, 0.29) is 0 Å². The Hall–Kier alpha value is -3.64. The Kier molecular flexibility index (Phi) is 6.66. The van der Waals surface area contributed by atoms with E-state index in [1.165, 1.54) is 52.5 Å². The Morgan fingerprint density at radius 2 is 1.19 bits per heavy atom. The smallest absolute Gasteiger partial charge is 0.201 e. The first kappa shape index (κ1) is 23.7. The van der Waals surface area contributed by atoms with Gasteiger partial charge >= 0.3 is 0 Å². The third-order valence-electron chi connectivity index (χ3n) is 6.34. The lowest BCUT2D eigenvalue weighted by Crippen LogP contribution is -2.30. The lowest BCUT2D eigenvalue weighted by Gasteiger charge is -2.06. The lowest BCUT2D eigenvalue weighted by molar-refractivity contribution is -0.660. The number of rotatable bonds is 6. The third kappa shape index (κ3) is 5.12. The van der Waals surface area contributed by atoms with E-state index in [9.17, 15) is 0 Å². The Balaban J connectivity index is 1.34. The molecular formula is C32H26N2S3+2. The molecule has 5 heterocycles. The van der Waals surface area contributed by atoms with Crippen LogP contribution in [-0.4, -0.2) is 0 Å². The molecule has 0 amide bonds. The highest BCUT2D eigenvalue weighted by Crippen LogP contribution is 2.39. The summed E-state index contributed by atoms with van der Waals surface area (Å²) in [6, 6.07) is 32.8. The maximum absolute atomic E-state index is 2.28. The molecule has 0 aliphatic heterocycles. The Morgan fingerprint density at radius 3 is 1.81 bits per heavy atom. The van der Waals surface area contributed by atoms with Crippen LogP contribution in [0.3, 0.4) is 0 Å². The van der Waals surface area contributed by atoms with Crippen LogP contribution >= 0.6 is 34.0 Å². The molecule has 6 rings (SSSR count). The third-order valence-corrected chi connectivity index (χ3v) is 9.73. The maximum Gasteiger partial charge on any atom is 0.212 e. The van der Waals surface area contributed by atoms with Gasteiger partial charge in [0.25, 0.3) is 0 Å². The van der Waals surface area contributed by atoms with Crippen LogP contribution in [0.2, 0.25) is 0 Å². The van der Waals surface area contributed by atoms with Crippen molar-refractivity contribution in [3.63, 3.8) is 0 Å². The highest BCUT2D eigenvalue weighted by molar-refractivity contribution is 7.26. The van der Waals surface area contributed by atoms with Gasteiger partial charge in [-0.2, -0.15) is 0 Å². The Labute approximate surface area is 229 Å². The van der Waals surface area contributed by atoms with Crippen molar-refractivity contribution in [1.82, 2.24) is 0 Å². The molecule has 6 aromatic rings. The van der Waals surface area contributed by atoms with Crippen LogP contribution in [0.5, 0.6) is 0 Å². The predicted molar refractivity (Wildman–Crippen MR) is 160 cm³/mol. The monoisotopic (exact) mass is 534 g/mol. The number of pyridine rings is 2. The second kappa shape index (κ2) is 10.4. The van der Waals surface area contributed by atoms with E-state index in [1.807, 2.05) is 22.7 Å². The van der Waals surface area contributed by atoms with Gasteiger partial charge in [-0.05, 0) is 77.7 Å². The second-order valence-corrected chi connectivity index (χ2v) is 12.1. The van der Waals surface area contributed by atoms with Crippen LogP contribution in [0.25, 0.3) is 54.2 Å². The minimum absolute atomic E-state index is 1.19. The van der Waals surface area contributed by atoms with Gasteiger partial charge < -0.3 is 0 Å². The van der Waals surface area contributed by atoms with Crippen molar-refractivity contribution in [1.29, 1.82) is 0 Å². The van der Waals surface area contributed by atoms with Gasteiger partial charge in [-0.3, -0.25) is 0 Å². The normalized spacial score (nSPS) is 11.4. The van der Waals surface area contributed by atoms with Gasteiger partial charge in [0.2, 0.25) is 11.4 Å². The molecule has 5 aromatic heterocycles. The first-order valence-electron chi connectivity index (χ1n) is 12.1. The number of aryl methyl sites for hydroxylation is 2. The summed E-state index contributed by atoms with van der Waals surface area (Å²) in [6.45, 7) is 0. The largest absolute Gasteiger partial charge is 0.212 e. The number of hydrogen-bond acceptors (Lipinski definition) is 3. The van der Waals surface area contributed by atoms with Crippen molar-refractivity contribution in [3.8, 4) is 42.0 Å². The summed E-state index contributed by atoms with van der Waals surface area (Å²) in [5, 5.41) is 2.14. The van der Waals surface area contributed by atoms with Crippen LogP contribution in [0.1, 0.15) is 10.4 Å². The fourth-order valence-corrected chi connectivity index (χ4v) is 7.31. The lowest BCUT2D eigenvalue weighted by atomic mass is 10.00. The molecule has 0 radical (unpaired) electrons. The minimum atomic E-state index is 1.19. The van der Waals surface area contributed by atoms with Crippen molar-refractivity contribution in [2.75, 3.05) is 0 Å². The summed E-state index contributed by atoms with van der Waals surface area (Å²) in [6.07, 6.45) is 8.67. The molecule has 0 bridgehead atoms.